The van der Waals surface area contributed by atoms with Crippen molar-refractivity contribution in [1.82, 2.24) is 16.0 Å². The molecule has 6 nitrogen and oxygen atoms in total. The summed E-state index contributed by atoms with van der Waals surface area (Å²) in [6.07, 6.45) is 1.57. The molecule has 0 aromatic rings. The highest BCUT2D eigenvalue weighted by atomic mass is 35.5. The maximum atomic E-state index is 12.4. The molecule has 0 aromatic heterocycles. The first-order valence-electron chi connectivity index (χ1n) is 7.27. The van der Waals surface area contributed by atoms with Gasteiger partial charge in [0.25, 0.3) is 0 Å². The summed E-state index contributed by atoms with van der Waals surface area (Å²) in [7, 11) is 1.62. The lowest BCUT2D eigenvalue weighted by Gasteiger charge is -2.35. The van der Waals surface area contributed by atoms with Gasteiger partial charge in [-0.05, 0) is 25.9 Å². The van der Waals surface area contributed by atoms with E-state index in [-0.39, 0.29) is 30.1 Å². The van der Waals surface area contributed by atoms with Crippen LogP contribution in [0, 0.1) is 11.3 Å². The Bertz CT molecular complexity index is 326. The van der Waals surface area contributed by atoms with Crippen molar-refractivity contribution < 1.29 is 14.3 Å². The van der Waals surface area contributed by atoms with E-state index in [2.05, 4.69) is 16.0 Å². The van der Waals surface area contributed by atoms with E-state index in [4.69, 9.17) is 4.74 Å². The fourth-order valence-corrected chi connectivity index (χ4v) is 2.37. The minimum absolute atomic E-state index is 0. The van der Waals surface area contributed by atoms with E-state index < -0.39 is 5.41 Å². The molecule has 0 aromatic carbocycles. The van der Waals surface area contributed by atoms with Gasteiger partial charge in [0, 0.05) is 26.1 Å². The van der Waals surface area contributed by atoms with Crippen LogP contribution >= 0.6 is 12.4 Å². The number of methoxy groups -OCH3 is 1. The van der Waals surface area contributed by atoms with Crippen molar-refractivity contribution in [3.8, 4) is 0 Å². The normalized spacial score (nSPS) is 17.0. The minimum Gasteiger partial charge on any atom is -0.384 e. The number of hydrogen-bond acceptors (Lipinski definition) is 4. The Morgan fingerprint density at radius 2 is 1.76 bits per heavy atom. The summed E-state index contributed by atoms with van der Waals surface area (Å²) >= 11 is 0. The third-order valence-corrected chi connectivity index (χ3v) is 3.70. The lowest BCUT2D eigenvalue weighted by atomic mass is 9.78. The van der Waals surface area contributed by atoms with Crippen LogP contribution < -0.4 is 16.0 Å². The predicted molar refractivity (Wildman–Crippen MR) is 84.5 cm³/mol. The Kier molecular flexibility index (Phi) is 9.57. The molecule has 1 rings (SSSR count). The number of amides is 2. The number of halogens is 1. The number of rotatable bonds is 7. The molecule has 1 heterocycles. The van der Waals surface area contributed by atoms with Crippen LogP contribution in [0.1, 0.15) is 26.7 Å². The molecule has 1 aliphatic heterocycles. The highest BCUT2D eigenvalue weighted by Crippen LogP contribution is 2.29. The SMILES string of the molecule is COCC1(C(=O)NCCNC(=O)C(C)C)CCNCC1.Cl. The van der Waals surface area contributed by atoms with Crippen LogP contribution in [-0.2, 0) is 14.3 Å². The van der Waals surface area contributed by atoms with E-state index in [1.807, 2.05) is 13.8 Å². The molecule has 3 N–H and O–H groups in total. The molecule has 0 aliphatic carbocycles. The van der Waals surface area contributed by atoms with E-state index in [1.54, 1.807) is 7.11 Å². The van der Waals surface area contributed by atoms with E-state index in [0.717, 1.165) is 25.9 Å². The van der Waals surface area contributed by atoms with Gasteiger partial charge in [-0.15, -0.1) is 12.4 Å². The van der Waals surface area contributed by atoms with Crippen LogP contribution in [0.3, 0.4) is 0 Å². The topological polar surface area (TPSA) is 79.5 Å². The lowest BCUT2D eigenvalue weighted by molar-refractivity contribution is -0.136. The average molecular weight is 322 g/mol. The van der Waals surface area contributed by atoms with Crippen LogP contribution in [0.4, 0.5) is 0 Å². The maximum Gasteiger partial charge on any atom is 0.228 e. The van der Waals surface area contributed by atoms with Crippen LogP contribution in [-0.4, -0.2) is 51.7 Å². The summed E-state index contributed by atoms with van der Waals surface area (Å²) in [4.78, 5) is 23.8. The first kappa shape index (κ1) is 20.1. The molecular formula is C14H28ClN3O3. The molecule has 0 unspecified atom stereocenters. The van der Waals surface area contributed by atoms with E-state index in [9.17, 15) is 9.59 Å². The zero-order valence-corrected chi connectivity index (χ0v) is 14.0. The second kappa shape index (κ2) is 9.97. The van der Waals surface area contributed by atoms with Gasteiger partial charge in [-0.25, -0.2) is 0 Å². The van der Waals surface area contributed by atoms with Crippen LogP contribution in [0.2, 0.25) is 0 Å². The monoisotopic (exact) mass is 321 g/mol. The molecular weight excluding hydrogens is 294 g/mol. The Labute approximate surface area is 133 Å². The van der Waals surface area contributed by atoms with Crippen molar-refractivity contribution in [3.63, 3.8) is 0 Å². The average Bonchev–Trinajstić information content (AvgIpc) is 2.44. The number of ether oxygens (including phenoxy) is 1. The van der Waals surface area contributed by atoms with Crippen LogP contribution in [0.25, 0.3) is 0 Å². The summed E-state index contributed by atoms with van der Waals surface area (Å²) in [6.45, 7) is 6.72. The van der Waals surface area contributed by atoms with Gasteiger partial charge in [0.1, 0.15) is 0 Å². The Morgan fingerprint density at radius 3 is 2.29 bits per heavy atom. The van der Waals surface area contributed by atoms with Crippen molar-refractivity contribution in [1.29, 1.82) is 0 Å². The van der Waals surface area contributed by atoms with Crippen molar-refractivity contribution >= 4 is 24.2 Å². The van der Waals surface area contributed by atoms with Crippen LogP contribution in [0.5, 0.6) is 0 Å². The Hall–Kier alpha value is -0.850. The first-order chi connectivity index (χ1) is 9.52. The summed E-state index contributed by atoms with van der Waals surface area (Å²) in [5.74, 6) is 0.00215. The first-order valence-corrected chi connectivity index (χ1v) is 7.27. The van der Waals surface area contributed by atoms with Gasteiger partial charge < -0.3 is 20.7 Å². The van der Waals surface area contributed by atoms with E-state index >= 15 is 0 Å². The standard InChI is InChI=1S/C14H27N3O3.ClH/c1-11(2)12(18)16-8-9-17-13(19)14(10-20-3)4-6-15-7-5-14;/h11,15H,4-10H2,1-3H3,(H,16,18)(H,17,19);1H. The molecule has 7 heteroatoms. The number of hydrogen-bond donors (Lipinski definition) is 3. The van der Waals surface area contributed by atoms with Crippen molar-refractivity contribution in [2.24, 2.45) is 11.3 Å². The molecule has 1 aliphatic rings. The number of carbonyl (C=O) groups excluding carboxylic acids is 2. The molecule has 0 spiro atoms. The molecule has 0 saturated carbocycles. The highest BCUT2D eigenvalue weighted by molar-refractivity contribution is 5.85. The molecule has 0 atom stereocenters. The summed E-state index contributed by atoms with van der Waals surface area (Å²) in [5, 5.41) is 8.95. The largest absolute Gasteiger partial charge is 0.384 e. The van der Waals surface area contributed by atoms with Crippen molar-refractivity contribution in [2.75, 3.05) is 39.9 Å². The van der Waals surface area contributed by atoms with E-state index in [0.29, 0.717) is 19.7 Å². The number of nitrogens with one attached hydrogen (secondary N) is 3. The molecule has 1 fully saturated rings. The second-order valence-electron chi connectivity index (χ2n) is 5.66. The van der Waals surface area contributed by atoms with Crippen molar-refractivity contribution in [3.05, 3.63) is 0 Å². The van der Waals surface area contributed by atoms with Crippen LogP contribution in [0.15, 0.2) is 0 Å². The molecule has 1 saturated heterocycles. The fraction of sp³-hybridized carbons (Fsp3) is 0.857. The Morgan fingerprint density at radius 1 is 1.19 bits per heavy atom. The van der Waals surface area contributed by atoms with Crippen molar-refractivity contribution in [2.45, 2.75) is 26.7 Å². The highest BCUT2D eigenvalue weighted by Gasteiger charge is 2.39. The maximum absolute atomic E-state index is 12.4. The van der Waals surface area contributed by atoms with Gasteiger partial charge in [-0.1, -0.05) is 13.8 Å². The van der Waals surface area contributed by atoms with Gasteiger partial charge in [0.05, 0.1) is 12.0 Å². The summed E-state index contributed by atoms with van der Waals surface area (Å²) in [5.41, 5.74) is -0.429. The van der Waals surface area contributed by atoms with Gasteiger partial charge in [0.15, 0.2) is 0 Å². The van der Waals surface area contributed by atoms with E-state index in [1.165, 1.54) is 0 Å². The smallest absolute Gasteiger partial charge is 0.228 e. The Balaban J connectivity index is 0.00000400. The van der Waals surface area contributed by atoms with Gasteiger partial charge in [-0.2, -0.15) is 0 Å². The quantitative estimate of drug-likeness (QED) is 0.590. The summed E-state index contributed by atoms with van der Waals surface area (Å²) < 4.78 is 5.22. The third kappa shape index (κ3) is 6.20. The van der Waals surface area contributed by atoms with Gasteiger partial charge >= 0.3 is 0 Å². The molecule has 0 bridgehead atoms. The zero-order chi connectivity index (χ0) is 15.0. The molecule has 2 amide bonds. The lowest BCUT2D eigenvalue weighted by Crippen LogP contribution is -2.51. The minimum atomic E-state index is -0.429. The molecule has 21 heavy (non-hydrogen) atoms. The summed E-state index contributed by atoms with van der Waals surface area (Å²) in [6, 6.07) is 0. The van der Waals surface area contributed by atoms with Gasteiger partial charge in [0.2, 0.25) is 11.8 Å². The number of carbonyl (C=O) groups is 2. The third-order valence-electron chi connectivity index (χ3n) is 3.70. The van der Waals surface area contributed by atoms with Gasteiger partial charge in [-0.3, -0.25) is 9.59 Å². The second-order valence-corrected chi connectivity index (χ2v) is 5.66. The molecule has 124 valence electrons. The molecule has 0 radical (unpaired) electrons. The predicted octanol–water partition coefficient (Wildman–Crippen LogP) is 0.313. The fourth-order valence-electron chi connectivity index (χ4n) is 2.37. The zero-order valence-electron chi connectivity index (χ0n) is 13.2. The number of piperidine rings is 1.